The second-order valence-corrected chi connectivity index (χ2v) is 7.74. The van der Waals surface area contributed by atoms with Crippen LogP contribution in [0.2, 0.25) is 0 Å². The van der Waals surface area contributed by atoms with Crippen LogP contribution in [0.4, 0.5) is 22.7 Å². The fourth-order valence-corrected chi connectivity index (χ4v) is 4.21. The van der Waals surface area contributed by atoms with Gasteiger partial charge in [-0.15, -0.1) is 0 Å². The zero-order valence-corrected chi connectivity index (χ0v) is 17.3. The number of nitrogens with one attached hydrogen (secondary N) is 1. The van der Waals surface area contributed by atoms with Crippen LogP contribution in [-0.4, -0.2) is 37.1 Å². The highest BCUT2D eigenvalue weighted by atomic mass is 16.6. The Morgan fingerprint density at radius 3 is 2.41 bits per heavy atom. The summed E-state index contributed by atoms with van der Waals surface area (Å²) in [5.74, 6) is -0.157. The normalized spacial score (nSPS) is 18.1. The van der Waals surface area contributed by atoms with Crippen LogP contribution in [0.5, 0.6) is 0 Å². The predicted molar refractivity (Wildman–Crippen MR) is 122 cm³/mol. The van der Waals surface area contributed by atoms with Gasteiger partial charge in [-0.3, -0.25) is 19.8 Å². The maximum atomic E-state index is 13.5. The molecule has 1 saturated heterocycles. The largest absolute Gasteiger partial charge is 0.378 e. The molecule has 2 heterocycles. The lowest BCUT2D eigenvalue weighted by Crippen LogP contribution is -2.43. The molecule has 0 radical (unpaired) electrons. The van der Waals surface area contributed by atoms with Gasteiger partial charge in [-0.05, 0) is 36.4 Å². The van der Waals surface area contributed by atoms with Crippen LogP contribution in [0.3, 0.4) is 0 Å². The summed E-state index contributed by atoms with van der Waals surface area (Å²) in [7, 11) is 0. The molecule has 1 fully saturated rings. The molecule has 0 spiro atoms. The highest BCUT2D eigenvalue weighted by molar-refractivity contribution is 6.12. The number of morpholine rings is 1. The SMILES string of the molecule is O=C1c2ccccc2N[C@H](c2cccc([N+](=O)[O-])c2)N1c1ccc(N2CCOCC2)cc1. The van der Waals surface area contributed by atoms with E-state index in [4.69, 9.17) is 4.74 Å². The first-order chi connectivity index (χ1) is 15.6. The van der Waals surface area contributed by atoms with Crippen LogP contribution in [0.25, 0.3) is 0 Å². The van der Waals surface area contributed by atoms with Crippen LogP contribution >= 0.6 is 0 Å². The Labute approximate surface area is 185 Å². The van der Waals surface area contributed by atoms with Gasteiger partial charge in [0.25, 0.3) is 11.6 Å². The van der Waals surface area contributed by atoms with Crippen molar-refractivity contribution >= 4 is 28.7 Å². The first-order valence-corrected chi connectivity index (χ1v) is 10.5. The molecular weight excluding hydrogens is 408 g/mol. The molecule has 1 atom stereocenters. The average Bonchev–Trinajstić information content (AvgIpc) is 2.85. The van der Waals surface area contributed by atoms with Crippen molar-refractivity contribution in [2.24, 2.45) is 0 Å². The van der Waals surface area contributed by atoms with Gasteiger partial charge in [0.1, 0.15) is 6.17 Å². The summed E-state index contributed by atoms with van der Waals surface area (Å²) in [6, 6.07) is 21.5. The zero-order valence-electron chi connectivity index (χ0n) is 17.3. The van der Waals surface area contributed by atoms with E-state index in [9.17, 15) is 14.9 Å². The van der Waals surface area contributed by atoms with E-state index in [1.54, 1.807) is 23.1 Å². The number of anilines is 3. The van der Waals surface area contributed by atoms with Crippen molar-refractivity contribution in [1.29, 1.82) is 0 Å². The second kappa shape index (κ2) is 8.32. The number of fused-ring (bicyclic) bond motifs is 1. The lowest BCUT2D eigenvalue weighted by atomic mass is 10.0. The Morgan fingerprint density at radius 2 is 1.66 bits per heavy atom. The predicted octanol–water partition coefficient (Wildman–Crippen LogP) is 4.20. The van der Waals surface area contributed by atoms with Crippen molar-refractivity contribution < 1.29 is 14.5 Å². The van der Waals surface area contributed by atoms with Gasteiger partial charge in [-0.2, -0.15) is 0 Å². The minimum Gasteiger partial charge on any atom is -0.378 e. The monoisotopic (exact) mass is 430 g/mol. The quantitative estimate of drug-likeness (QED) is 0.493. The summed E-state index contributed by atoms with van der Waals surface area (Å²) in [5.41, 5.74) is 3.67. The van der Waals surface area contributed by atoms with Gasteiger partial charge in [-0.1, -0.05) is 24.3 Å². The third-order valence-corrected chi connectivity index (χ3v) is 5.83. The Kier molecular flexibility index (Phi) is 5.20. The molecule has 0 aliphatic carbocycles. The molecule has 0 unspecified atom stereocenters. The van der Waals surface area contributed by atoms with E-state index in [1.807, 2.05) is 42.5 Å². The molecule has 1 amide bonds. The Hall–Kier alpha value is -3.91. The number of amides is 1. The third-order valence-electron chi connectivity index (χ3n) is 5.83. The average molecular weight is 430 g/mol. The van der Waals surface area contributed by atoms with E-state index in [1.165, 1.54) is 12.1 Å². The van der Waals surface area contributed by atoms with E-state index in [-0.39, 0.29) is 11.6 Å². The molecule has 1 N–H and O–H groups in total. The van der Waals surface area contributed by atoms with Gasteiger partial charge in [-0.25, -0.2) is 0 Å². The first-order valence-electron chi connectivity index (χ1n) is 10.5. The highest BCUT2D eigenvalue weighted by Crippen LogP contribution is 2.38. The molecule has 5 rings (SSSR count). The van der Waals surface area contributed by atoms with E-state index in [0.717, 1.165) is 18.8 Å². The second-order valence-electron chi connectivity index (χ2n) is 7.74. The van der Waals surface area contributed by atoms with Crippen LogP contribution in [0, 0.1) is 10.1 Å². The molecule has 162 valence electrons. The lowest BCUT2D eigenvalue weighted by molar-refractivity contribution is -0.384. The molecular formula is C24H22N4O4. The maximum absolute atomic E-state index is 13.5. The van der Waals surface area contributed by atoms with Crippen LogP contribution < -0.4 is 15.1 Å². The number of carbonyl (C=O) groups excluding carboxylic acids is 1. The topological polar surface area (TPSA) is 87.9 Å². The number of carbonyl (C=O) groups is 1. The molecule has 32 heavy (non-hydrogen) atoms. The summed E-state index contributed by atoms with van der Waals surface area (Å²) >= 11 is 0. The van der Waals surface area contributed by atoms with Crippen molar-refractivity contribution in [1.82, 2.24) is 0 Å². The minimum atomic E-state index is -0.577. The molecule has 0 saturated carbocycles. The fraction of sp³-hybridized carbons (Fsp3) is 0.208. The summed E-state index contributed by atoms with van der Waals surface area (Å²) in [6.45, 7) is 3.05. The molecule has 0 bridgehead atoms. The standard InChI is InChI=1S/C24H22N4O4/c29-24-21-6-1-2-7-22(21)25-23(17-4-3-5-20(16-17)28(30)31)27(24)19-10-8-18(9-11-19)26-12-14-32-15-13-26/h1-11,16,23,25H,12-15H2/t23-/m0/s1. The minimum absolute atomic E-state index is 0.0155. The van der Waals surface area contributed by atoms with Gasteiger partial charge >= 0.3 is 0 Å². The van der Waals surface area contributed by atoms with E-state index in [0.29, 0.717) is 35.7 Å². The van der Waals surface area contributed by atoms with Crippen molar-refractivity contribution in [2.45, 2.75) is 6.17 Å². The van der Waals surface area contributed by atoms with Gasteiger partial charge in [0, 0.05) is 47.8 Å². The van der Waals surface area contributed by atoms with Crippen LogP contribution in [0.1, 0.15) is 22.1 Å². The van der Waals surface area contributed by atoms with E-state index >= 15 is 0 Å². The van der Waals surface area contributed by atoms with Crippen LogP contribution in [0.15, 0.2) is 72.8 Å². The van der Waals surface area contributed by atoms with Gasteiger partial charge in [0.2, 0.25) is 0 Å². The molecule has 8 heteroatoms. The number of nitro benzene ring substituents is 1. The number of benzene rings is 3. The number of hydrogen-bond acceptors (Lipinski definition) is 6. The first kappa shape index (κ1) is 20.0. The molecule has 3 aromatic carbocycles. The lowest BCUT2D eigenvalue weighted by Gasteiger charge is -2.38. The Morgan fingerprint density at radius 1 is 0.938 bits per heavy atom. The van der Waals surface area contributed by atoms with Crippen LogP contribution in [-0.2, 0) is 4.74 Å². The third kappa shape index (κ3) is 3.65. The van der Waals surface area contributed by atoms with Crippen molar-refractivity contribution in [3.8, 4) is 0 Å². The number of nitro groups is 1. The van der Waals surface area contributed by atoms with Crippen molar-refractivity contribution in [3.05, 3.63) is 94.0 Å². The maximum Gasteiger partial charge on any atom is 0.269 e. The number of rotatable bonds is 4. The smallest absolute Gasteiger partial charge is 0.269 e. The summed E-state index contributed by atoms with van der Waals surface area (Å²) in [6.07, 6.45) is -0.577. The number of para-hydroxylation sites is 1. The summed E-state index contributed by atoms with van der Waals surface area (Å²) < 4.78 is 5.43. The van der Waals surface area contributed by atoms with E-state index < -0.39 is 11.1 Å². The number of hydrogen-bond donors (Lipinski definition) is 1. The molecule has 3 aromatic rings. The summed E-state index contributed by atoms with van der Waals surface area (Å²) in [4.78, 5) is 28.3. The Bertz CT molecular complexity index is 1160. The van der Waals surface area contributed by atoms with Gasteiger partial charge < -0.3 is 15.0 Å². The molecule has 8 nitrogen and oxygen atoms in total. The highest BCUT2D eigenvalue weighted by Gasteiger charge is 2.34. The molecule has 2 aliphatic heterocycles. The van der Waals surface area contributed by atoms with Gasteiger partial charge in [0.15, 0.2) is 0 Å². The number of non-ortho nitro benzene ring substituents is 1. The van der Waals surface area contributed by atoms with Gasteiger partial charge in [0.05, 0.1) is 23.7 Å². The molecule has 0 aromatic heterocycles. The number of nitrogens with zero attached hydrogens (tertiary/aromatic N) is 3. The summed E-state index contributed by atoms with van der Waals surface area (Å²) in [5, 5.41) is 14.7. The van der Waals surface area contributed by atoms with Crippen molar-refractivity contribution in [3.63, 3.8) is 0 Å². The van der Waals surface area contributed by atoms with Crippen molar-refractivity contribution in [2.75, 3.05) is 41.4 Å². The Balaban J connectivity index is 1.55. The zero-order chi connectivity index (χ0) is 22.1. The van der Waals surface area contributed by atoms with E-state index in [2.05, 4.69) is 10.2 Å². The number of ether oxygens (including phenoxy) is 1. The molecule has 2 aliphatic rings. The fourth-order valence-electron chi connectivity index (χ4n) is 4.21.